The summed E-state index contributed by atoms with van der Waals surface area (Å²) >= 11 is 0. The fraction of sp³-hybridized carbons (Fsp3) is 0.628. The lowest BCUT2D eigenvalue weighted by atomic mass is 10.0. The van der Waals surface area contributed by atoms with Gasteiger partial charge in [-0.2, -0.15) is 0 Å². The number of hydrogen-bond donors (Lipinski definition) is 20. The summed E-state index contributed by atoms with van der Waals surface area (Å²) in [7, 11) is -13.8. The van der Waals surface area contributed by atoms with E-state index < -0.39 is 200 Å². The van der Waals surface area contributed by atoms with Crippen molar-refractivity contribution >= 4 is 31.3 Å². The van der Waals surface area contributed by atoms with Gasteiger partial charge in [0.05, 0.1) is 48.7 Å². The third kappa shape index (κ3) is 21.3. The molecule has 4 aromatic heterocycles. The zero-order valence-corrected chi connectivity index (χ0v) is 48.9. The van der Waals surface area contributed by atoms with E-state index in [2.05, 4.69) is 28.1 Å². The summed E-state index contributed by atoms with van der Waals surface area (Å²) in [5.74, 6) is 0. The van der Waals surface area contributed by atoms with E-state index in [-0.39, 0.29) is 44.5 Å². The Morgan fingerprint density at radius 1 is 0.407 bits per heavy atom. The molecule has 0 radical (unpaired) electrons. The van der Waals surface area contributed by atoms with E-state index in [1.807, 2.05) is 9.97 Å². The van der Waals surface area contributed by atoms with Crippen molar-refractivity contribution in [3.8, 4) is 0 Å². The van der Waals surface area contributed by atoms with Crippen LogP contribution in [0.4, 0.5) is 0 Å². The minimum absolute atomic E-state index is 0. The predicted octanol–water partition coefficient (Wildman–Crippen LogP) is -8.71. The second-order valence-corrected chi connectivity index (χ2v) is 24.1. The Balaban J connectivity index is 0.000000409. The molecule has 16 atom stereocenters. The van der Waals surface area contributed by atoms with Crippen LogP contribution in [0.2, 0.25) is 0 Å². The van der Waals surface area contributed by atoms with Crippen LogP contribution in [-0.4, -0.2) is 218 Å². The third-order valence-electron chi connectivity index (χ3n) is 13.0. The van der Waals surface area contributed by atoms with Gasteiger partial charge in [-0.1, -0.05) is 22.3 Å². The molecule has 48 heteroatoms. The van der Waals surface area contributed by atoms with Crippen LogP contribution in [-0.2, 0) is 83.5 Å². The number of nitrogens with zero attached hydrogens (tertiary/aromatic N) is 4. The lowest BCUT2D eigenvalue weighted by molar-refractivity contribution is -0.0230. The zero-order chi connectivity index (χ0) is 66.6. The number of aromatic nitrogens is 8. The van der Waals surface area contributed by atoms with Crippen molar-refractivity contribution in [3.63, 3.8) is 0 Å². The Kier molecular flexibility index (Phi) is 29.4. The molecule has 520 valence electrons. The minimum Gasteiger partial charge on any atom is -0.387 e. The Hall–Kier alpha value is -5.32. The first-order valence-corrected chi connectivity index (χ1v) is 30.6. The number of phosphoric acid groups is 4. The molecule has 8 heterocycles. The number of phosphoric ester groups is 4. The second-order valence-electron chi connectivity index (χ2n) is 19.2. The normalized spacial score (nSPS) is 28.0. The summed E-state index contributed by atoms with van der Waals surface area (Å²) in [5, 5.41) is 79.0. The Bertz CT molecular complexity index is 3750. The number of rotatable bonds is 16. The molecule has 0 bridgehead atoms. The van der Waals surface area contributed by atoms with E-state index in [1.54, 1.807) is 0 Å². The first-order chi connectivity index (χ1) is 40.4. The molecule has 0 saturated carbocycles. The predicted molar refractivity (Wildman–Crippen MR) is 300 cm³/mol. The van der Waals surface area contributed by atoms with Gasteiger partial charge in [-0.25, -0.2) is 37.4 Å². The molecular weight excluding hydrogens is 1330 g/mol. The molecule has 4 unspecified atom stereocenters. The van der Waals surface area contributed by atoms with Crippen LogP contribution in [0.5, 0.6) is 0 Å². The van der Waals surface area contributed by atoms with Crippen LogP contribution in [0.25, 0.3) is 0 Å². The van der Waals surface area contributed by atoms with Crippen LogP contribution in [0.3, 0.4) is 0 Å². The molecule has 4 fully saturated rings. The van der Waals surface area contributed by atoms with Gasteiger partial charge in [-0.3, -0.25) is 56.4 Å². The lowest BCUT2D eigenvalue weighted by Crippen LogP contribution is -2.40. The van der Waals surface area contributed by atoms with E-state index in [1.165, 1.54) is 34.4 Å². The molecule has 0 amide bonds. The molecule has 4 aromatic rings. The summed E-state index contributed by atoms with van der Waals surface area (Å²) in [4.78, 5) is 170. The summed E-state index contributed by atoms with van der Waals surface area (Å²) in [6.07, 6.45) is -17.8. The van der Waals surface area contributed by atoms with Gasteiger partial charge in [0, 0.05) is 53.0 Å². The van der Waals surface area contributed by atoms with Crippen LogP contribution >= 0.6 is 31.3 Å². The van der Waals surface area contributed by atoms with Gasteiger partial charge < -0.3 is 118 Å². The molecule has 91 heavy (non-hydrogen) atoms. The van der Waals surface area contributed by atoms with E-state index in [9.17, 15) is 97.5 Å². The summed E-state index contributed by atoms with van der Waals surface area (Å²) in [6, 6.07) is 0. The van der Waals surface area contributed by atoms with Gasteiger partial charge in [0.15, 0.2) is 0 Å². The number of aliphatic hydroxyl groups is 8. The van der Waals surface area contributed by atoms with Crippen molar-refractivity contribution in [3.05, 3.63) is 130 Å². The Morgan fingerprint density at radius 2 is 0.714 bits per heavy atom. The molecule has 4 saturated heterocycles. The highest BCUT2D eigenvalue weighted by atomic mass is 31.2. The lowest BCUT2D eigenvalue weighted by Gasteiger charge is -2.16. The monoisotopic (exact) mass is 1400 g/mol. The van der Waals surface area contributed by atoms with E-state index in [0.717, 1.165) is 36.9 Å². The minimum atomic E-state index is -4.77. The van der Waals surface area contributed by atoms with Crippen LogP contribution < -0.4 is 45.0 Å². The number of ether oxygens (including phenoxy) is 4. The van der Waals surface area contributed by atoms with Gasteiger partial charge in [0.2, 0.25) is 0 Å². The summed E-state index contributed by atoms with van der Waals surface area (Å²) < 4.78 is 84.1. The van der Waals surface area contributed by atoms with Gasteiger partial charge in [-0.15, -0.1) is 0 Å². The van der Waals surface area contributed by atoms with E-state index in [0.29, 0.717) is 0 Å². The van der Waals surface area contributed by atoms with Gasteiger partial charge >= 0.3 is 54.0 Å². The number of hydrogen-bond acceptors (Lipinski definition) is 28. The summed E-state index contributed by atoms with van der Waals surface area (Å²) in [6.45, 7) is -2.71. The highest BCUT2D eigenvalue weighted by molar-refractivity contribution is 7.47. The molecule has 44 nitrogen and oxygen atoms in total. The molecule has 0 aliphatic carbocycles. The fourth-order valence-corrected chi connectivity index (χ4v) is 9.86. The quantitative estimate of drug-likeness (QED) is 0.0463. The second kappa shape index (κ2) is 32.7. The molecule has 4 aliphatic rings. The number of aliphatic hydroxyl groups excluding tert-OH is 8. The Labute approximate surface area is 508 Å². The summed E-state index contributed by atoms with van der Waals surface area (Å²) in [5.41, 5.74) is -6.11. The first kappa shape index (κ1) is 81.8. The third-order valence-corrected chi connectivity index (χ3v) is 14.9. The topological polar surface area (TPSA) is 685 Å². The zero-order valence-electron chi connectivity index (χ0n) is 45.3. The van der Waals surface area contributed by atoms with Gasteiger partial charge in [0.25, 0.3) is 22.2 Å². The standard InChI is InChI=1S/C11H17N2O9P.2C10H15N2O9P.C9H13N2O9P.3CH4/c1-12-3-5(10(16)13(2)11(12)17)9-8(15)7(14)6(22-9)4-21-23(18,19)20;1-12-2-4(9(15)11-10(12)16)8-7(14)6(13)5(21-8)3-20-22(17,18)19;1-12-9(15)4(2-11-10(12)16)8-7(14)6(13)5(21-8)3-20-22(17,18)19;12-5-4(2-19-21(16,17)18)20-7(6(5)13)3-1-10-9(15)11-8(3)14;;;/h3,6-9,14-15H,4H2,1-2H3,(H2,18,19,20);2,5-8,13-14H,3H2,1H3,(H,11,15,16)(H2,17,18,19);2,5-8,13-14H,3H2,1H3,(H,11,16)(H2,17,18,19);1,4-7,12-13H,2H2,(H2,16,17,18)(H2,10,11,14,15);3*1H4/t6-,7-,8?,9+;2*5-,6-,7?,8+;4-,5-,6?,7+;;;/m1111.../s1. The van der Waals surface area contributed by atoms with Crippen molar-refractivity contribution in [2.75, 3.05) is 26.4 Å². The van der Waals surface area contributed by atoms with Crippen LogP contribution in [0.15, 0.2) is 63.1 Å². The fourth-order valence-electron chi connectivity index (χ4n) is 8.49. The van der Waals surface area contributed by atoms with Crippen LogP contribution in [0, 0.1) is 0 Å². The largest absolute Gasteiger partial charge is 0.469 e. The number of H-pyrrole nitrogens is 4. The number of aromatic amines is 4. The van der Waals surface area contributed by atoms with Gasteiger partial charge in [0.1, 0.15) is 97.7 Å². The maximum Gasteiger partial charge on any atom is 0.469 e. The molecule has 0 spiro atoms. The molecule has 4 aliphatic heterocycles. The molecule has 8 rings (SSSR count). The van der Waals surface area contributed by atoms with Crippen molar-refractivity contribution < 1.29 is 135 Å². The highest BCUT2D eigenvalue weighted by Crippen LogP contribution is 2.42. The maximum atomic E-state index is 12.1. The number of nitrogens with one attached hydrogen (secondary N) is 4. The molecule has 0 aromatic carbocycles. The van der Waals surface area contributed by atoms with Crippen molar-refractivity contribution in [1.82, 2.24) is 38.2 Å². The average molecular weight is 1400 g/mol. The highest BCUT2D eigenvalue weighted by Gasteiger charge is 2.49. The SMILES string of the molecule is C.C.C.Cn1c(=O)[nH]cc([C@@H]2O[C@H](COP(=O)(O)O)[C@@H](O)C2O)c1=O.Cn1cc([C@@H]2O[C@H](COP(=O)(O)O)[C@@H](O)C2O)c(=O)[nH]c1=O.Cn1cc([C@@H]2O[C@H](COP(=O)(O)O)[C@@H](O)C2O)c(=O)n(C)c1=O.O=c1[nH]cc([C@@H]2O[C@H](COP(=O)(O)O)[C@@H](O)C2O)c(=O)[nH]1. The molecular formula is C43H72N8O36P4. The smallest absolute Gasteiger partial charge is 0.387 e. The van der Waals surface area contributed by atoms with Crippen molar-refractivity contribution in [2.45, 2.75) is 120 Å². The van der Waals surface area contributed by atoms with Crippen LogP contribution in [0.1, 0.15) is 68.9 Å². The average Bonchev–Trinajstić information content (AvgIpc) is 1.83. The van der Waals surface area contributed by atoms with Crippen molar-refractivity contribution in [1.29, 1.82) is 0 Å². The van der Waals surface area contributed by atoms with Gasteiger partial charge in [-0.05, 0) is 0 Å². The number of aryl methyl sites for hydroxylation is 2. The molecule has 20 N–H and O–H groups in total. The Morgan fingerprint density at radius 3 is 1.08 bits per heavy atom. The van der Waals surface area contributed by atoms with E-state index in [4.69, 9.17) is 58.1 Å². The maximum absolute atomic E-state index is 12.1. The van der Waals surface area contributed by atoms with E-state index >= 15 is 0 Å². The van der Waals surface area contributed by atoms with Crippen molar-refractivity contribution in [2.24, 2.45) is 28.2 Å². The first-order valence-electron chi connectivity index (χ1n) is 24.5.